The van der Waals surface area contributed by atoms with Crippen molar-refractivity contribution in [1.29, 1.82) is 0 Å². The molecule has 0 amide bonds. The standard InChI is InChI=1S/C6H11N3O5/c7-9-8-3(1-10)5(13)6(14)4(12)2-11/h1,3-6,11-14H,2H2. The van der Waals surface area contributed by atoms with Gasteiger partial charge in [0, 0.05) is 4.91 Å². The number of rotatable bonds is 6. The fourth-order valence-electron chi connectivity index (χ4n) is 0.773. The zero-order valence-electron chi connectivity index (χ0n) is 7.13. The van der Waals surface area contributed by atoms with E-state index in [1.165, 1.54) is 0 Å². The van der Waals surface area contributed by atoms with Crippen LogP contribution >= 0.6 is 0 Å². The van der Waals surface area contributed by atoms with E-state index in [-0.39, 0.29) is 6.29 Å². The average Bonchev–Trinajstić information content (AvgIpc) is 2.22. The summed E-state index contributed by atoms with van der Waals surface area (Å²) in [6.07, 6.45) is -4.95. The van der Waals surface area contributed by atoms with Crippen LogP contribution < -0.4 is 0 Å². The topological polar surface area (TPSA) is 147 Å². The van der Waals surface area contributed by atoms with E-state index in [4.69, 9.17) is 20.9 Å². The lowest BCUT2D eigenvalue weighted by Crippen LogP contribution is -2.45. The first kappa shape index (κ1) is 12.8. The Bertz CT molecular complexity index is 230. The number of aliphatic hydroxyl groups excluding tert-OH is 4. The van der Waals surface area contributed by atoms with Crippen molar-refractivity contribution >= 4 is 6.29 Å². The second-order valence-corrected chi connectivity index (χ2v) is 2.56. The van der Waals surface area contributed by atoms with E-state index < -0.39 is 31.0 Å². The van der Waals surface area contributed by atoms with E-state index in [1.54, 1.807) is 0 Å². The van der Waals surface area contributed by atoms with Crippen LogP contribution in [-0.4, -0.2) is 57.7 Å². The Morgan fingerprint density at radius 1 is 1.36 bits per heavy atom. The molecular formula is C6H11N3O5. The number of hydrogen-bond donors (Lipinski definition) is 4. The molecule has 8 nitrogen and oxygen atoms in total. The summed E-state index contributed by atoms with van der Waals surface area (Å²) in [4.78, 5) is 12.5. The van der Waals surface area contributed by atoms with Gasteiger partial charge in [0.05, 0.1) is 12.7 Å². The first-order valence-electron chi connectivity index (χ1n) is 3.73. The molecule has 4 unspecified atom stereocenters. The molecule has 8 heteroatoms. The van der Waals surface area contributed by atoms with Crippen LogP contribution in [0.3, 0.4) is 0 Å². The highest BCUT2D eigenvalue weighted by Gasteiger charge is 2.30. The fraction of sp³-hybridized carbons (Fsp3) is 0.833. The molecule has 14 heavy (non-hydrogen) atoms. The average molecular weight is 205 g/mol. The van der Waals surface area contributed by atoms with Crippen molar-refractivity contribution in [1.82, 2.24) is 0 Å². The maximum atomic E-state index is 10.3. The Morgan fingerprint density at radius 2 is 1.93 bits per heavy atom. The maximum Gasteiger partial charge on any atom is 0.131 e. The second kappa shape index (κ2) is 6.30. The van der Waals surface area contributed by atoms with Gasteiger partial charge in [-0.05, 0) is 5.53 Å². The Balaban J connectivity index is 4.47. The van der Waals surface area contributed by atoms with Gasteiger partial charge in [0.1, 0.15) is 24.5 Å². The summed E-state index contributed by atoms with van der Waals surface area (Å²) in [5.74, 6) is 0. The van der Waals surface area contributed by atoms with Gasteiger partial charge in [-0.1, -0.05) is 5.11 Å². The molecule has 0 aliphatic heterocycles. The number of carbonyl (C=O) groups excluding carboxylic acids is 1. The zero-order valence-corrected chi connectivity index (χ0v) is 7.13. The van der Waals surface area contributed by atoms with E-state index in [9.17, 15) is 9.90 Å². The van der Waals surface area contributed by atoms with Crippen molar-refractivity contribution in [3.05, 3.63) is 10.4 Å². The second-order valence-electron chi connectivity index (χ2n) is 2.56. The van der Waals surface area contributed by atoms with E-state index in [2.05, 4.69) is 10.0 Å². The van der Waals surface area contributed by atoms with Crippen LogP contribution in [0, 0.1) is 0 Å². The van der Waals surface area contributed by atoms with Gasteiger partial charge in [-0.25, -0.2) is 0 Å². The van der Waals surface area contributed by atoms with Gasteiger partial charge in [0.15, 0.2) is 0 Å². The van der Waals surface area contributed by atoms with Crippen molar-refractivity contribution in [2.24, 2.45) is 5.11 Å². The molecule has 0 heterocycles. The summed E-state index contributed by atoms with van der Waals surface area (Å²) in [6, 6.07) is -1.49. The van der Waals surface area contributed by atoms with Gasteiger partial charge < -0.3 is 25.2 Å². The molecule has 0 radical (unpaired) electrons. The molecule has 0 spiro atoms. The fourth-order valence-corrected chi connectivity index (χ4v) is 0.773. The lowest BCUT2D eigenvalue weighted by atomic mass is 10.0. The SMILES string of the molecule is [N-]=[N+]=NC(C=O)C(O)C(O)C(O)CO. The molecule has 0 aliphatic rings. The maximum absolute atomic E-state index is 10.3. The lowest BCUT2D eigenvalue weighted by molar-refractivity contribution is -0.118. The van der Waals surface area contributed by atoms with Gasteiger partial charge in [0.2, 0.25) is 0 Å². The van der Waals surface area contributed by atoms with Crippen molar-refractivity contribution < 1.29 is 25.2 Å². The van der Waals surface area contributed by atoms with Crippen LogP contribution in [0.1, 0.15) is 0 Å². The number of azide groups is 1. The molecule has 0 fully saturated rings. The molecule has 4 atom stereocenters. The highest BCUT2D eigenvalue weighted by molar-refractivity contribution is 5.59. The van der Waals surface area contributed by atoms with E-state index in [1.807, 2.05) is 0 Å². The molecule has 0 bridgehead atoms. The van der Waals surface area contributed by atoms with Crippen LogP contribution in [0.25, 0.3) is 10.4 Å². The van der Waals surface area contributed by atoms with Crippen LogP contribution in [0.4, 0.5) is 0 Å². The quantitative estimate of drug-likeness (QED) is 0.170. The third-order valence-electron chi connectivity index (χ3n) is 1.61. The monoisotopic (exact) mass is 205 g/mol. The van der Waals surface area contributed by atoms with Gasteiger partial charge in [-0.2, -0.15) is 0 Å². The number of aldehydes is 1. The van der Waals surface area contributed by atoms with Gasteiger partial charge >= 0.3 is 0 Å². The minimum Gasteiger partial charge on any atom is -0.394 e. The van der Waals surface area contributed by atoms with Crippen molar-refractivity contribution in [3.63, 3.8) is 0 Å². The first-order valence-corrected chi connectivity index (χ1v) is 3.73. The molecule has 0 rings (SSSR count). The zero-order chi connectivity index (χ0) is 11.1. The summed E-state index contributed by atoms with van der Waals surface area (Å²) in [5.41, 5.74) is 7.99. The highest BCUT2D eigenvalue weighted by Crippen LogP contribution is 2.06. The van der Waals surface area contributed by atoms with Crippen LogP contribution in [0.15, 0.2) is 5.11 Å². The van der Waals surface area contributed by atoms with Crippen LogP contribution in [0.5, 0.6) is 0 Å². The minimum absolute atomic E-state index is 0.137. The van der Waals surface area contributed by atoms with Gasteiger partial charge in [-0.3, -0.25) is 0 Å². The molecule has 0 aromatic rings. The van der Waals surface area contributed by atoms with E-state index in [0.29, 0.717) is 0 Å². The summed E-state index contributed by atoms with van der Waals surface area (Å²) in [5, 5.41) is 38.5. The Hall–Kier alpha value is -1.18. The molecule has 0 aromatic carbocycles. The lowest BCUT2D eigenvalue weighted by Gasteiger charge is -2.22. The summed E-state index contributed by atoms with van der Waals surface area (Å²) >= 11 is 0. The van der Waals surface area contributed by atoms with Crippen molar-refractivity contribution in [3.8, 4) is 0 Å². The first-order chi connectivity index (χ1) is 6.58. The molecule has 0 aromatic heterocycles. The molecule has 0 aliphatic carbocycles. The molecular weight excluding hydrogens is 194 g/mol. The Kier molecular flexibility index (Phi) is 5.77. The summed E-state index contributed by atoms with van der Waals surface area (Å²) < 4.78 is 0. The number of hydrogen-bond acceptors (Lipinski definition) is 6. The predicted octanol–water partition coefficient (Wildman–Crippen LogP) is -2.06. The van der Waals surface area contributed by atoms with Gasteiger partial charge in [0.25, 0.3) is 0 Å². The Morgan fingerprint density at radius 3 is 2.29 bits per heavy atom. The molecule has 0 saturated carbocycles. The highest BCUT2D eigenvalue weighted by atomic mass is 16.4. The number of nitrogens with zero attached hydrogens (tertiary/aromatic N) is 3. The smallest absolute Gasteiger partial charge is 0.131 e. The van der Waals surface area contributed by atoms with Crippen molar-refractivity contribution in [2.75, 3.05) is 6.61 Å². The molecule has 0 saturated heterocycles. The predicted molar refractivity (Wildman–Crippen MR) is 44.1 cm³/mol. The minimum atomic E-state index is -1.75. The number of aliphatic hydroxyl groups is 4. The molecule has 4 N–H and O–H groups in total. The molecule has 80 valence electrons. The van der Waals surface area contributed by atoms with E-state index >= 15 is 0 Å². The largest absolute Gasteiger partial charge is 0.394 e. The Labute approximate surface area is 79.0 Å². The number of carbonyl (C=O) groups is 1. The summed E-state index contributed by atoms with van der Waals surface area (Å²) in [6.45, 7) is -0.778. The van der Waals surface area contributed by atoms with Crippen LogP contribution in [-0.2, 0) is 4.79 Å². The third kappa shape index (κ3) is 3.29. The third-order valence-corrected chi connectivity index (χ3v) is 1.61. The van der Waals surface area contributed by atoms with Crippen molar-refractivity contribution in [2.45, 2.75) is 24.4 Å². The van der Waals surface area contributed by atoms with E-state index in [0.717, 1.165) is 0 Å². The normalized spacial score (nSPS) is 18.9. The van der Waals surface area contributed by atoms with Gasteiger partial charge in [-0.15, -0.1) is 0 Å². The van der Waals surface area contributed by atoms with Crippen LogP contribution in [0.2, 0.25) is 0 Å². The summed E-state index contributed by atoms with van der Waals surface area (Å²) in [7, 11) is 0.